The van der Waals surface area contributed by atoms with Crippen molar-refractivity contribution in [3.63, 3.8) is 0 Å². The van der Waals surface area contributed by atoms with Crippen LogP contribution in [-0.2, 0) is 4.79 Å². The standard InChI is InChI=1S/C16H24N2O/c1-13(2)11-16(19)18-10-6-9-17-15(12-18)14-7-4-3-5-8-14/h3-5,7-8,13,15,17H,6,9-12H2,1-2H3. The van der Waals surface area contributed by atoms with E-state index in [4.69, 9.17) is 0 Å². The van der Waals surface area contributed by atoms with E-state index in [9.17, 15) is 4.79 Å². The number of rotatable bonds is 3. The Morgan fingerprint density at radius 1 is 1.37 bits per heavy atom. The number of benzene rings is 1. The number of hydrogen-bond acceptors (Lipinski definition) is 2. The average molecular weight is 260 g/mol. The van der Waals surface area contributed by atoms with Crippen molar-refractivity contribution < 1.29 is 4.79 Å². The predicted octanol–water partition coefficient (Wildman–Crippen LogP) is 2.60. The van der Waals surface area contributed by atoms with E-state index in [-0.39, 0.29) is 6.04 Å². The Labute approximate surface area is 116 Å². The van der Waals surface area contributed by atoms with Crippen molar-refractivity contribution in [2.45, 2.75) is 32.7 Å². The summed E-state index contributed by atoms with van der Waals surface area (Å²) in [6.07, 6.45) is 1.69. The minimum atomic E-state index is 0.264. The third-order valence-corrected chi connectivity index (χ3v) is 3.54. The van der Waals surface area contributed by atoms with E-state index in [1.54, 1.807) is 0 Å². The monoisotopic (exact) mass is 260 g/mol. The summed E-state index contributed by atoms with van der Waals surface area (Å²) in [6.45, 7) is 6.84. The molecule has 19 heavy (non-hydrogen) atoms. The third kappa shape index (κ3) is 4.06. The molecule has 1 aliphatic rings. The zero-order valence-corrected chi connectivity index (χ0v) is 11.9. The van der Waals surface area contributed by atoms with Gasteiger partial charge in [-0.05, 0) is 24.4 Å². The molecular weight excluding hydrogens is 236 g/mol. The maximum atomic E-state index is 12.2. The molecule has 1 atom stereocenters. The number of nitrogens with zero attached hydrogens (tertiary/aromatic N) is 1. The van der Waals surface area contributed by atoms with Gasteiger partial charge in [-0.25, -0.2) is 0 Å². The molecule has 2 rings (SSSR count). The van der Waals surface area contributed by atoms with Crippen LogP contribution in [0.15, 0.2) is 30.3 Å². The quantitative estimate of drug-likeness (QED) is 0.906. The van der Waals surface area contributed by atoms with Gasteiger partial charge in [-0.3, -0.25) is 4.79 Å². The normalized spacial score (nSPS) is 20.4. The van der Waals surface area contributed by atoms with Crippen LogP contribution in [0.2, 0.25) is 0 Å². The van der Waals surface area contributed by atoms with Gasteiger partial charge < -0.3 is 10.2 Å². The van der Waals surface area contributed by atoms with E-state index in [2.05, 4.69) is 43.4 Å². The Balaban J connectivity index is 2.04. The average Bonchev–Trinajstić information content (AvgIpc) is 2.65. The second-order valence-electron chi connectivity index (χ2n) is 5.71. The van der Waals surface area contributed by atoms with Gasteiger partial charge in [-0.1, -0.05) is 44.2 Å². The first-order valence-corrected chi connectivity index (χ1v) is 7.23. The van der Waals surface area contributed by atoms with Gasteiger partial charge in [0.05, 0.1) is 0 Å². The summed E-state index contributed by atoms with van der Waals surface area (Å²) in [5.74, 6) is 0.721. The lowest BCUT2D eigenvalue weighted by atomic mass is 10.1. The first-order valence-electron chi connectivity index (χ1n) is 7.23. The molecule has 0 aliphatic carbocycles. The van der Waals surface area contributed by atoms with Crippen LogP contribution in [0.5, 0.6) is 0 Å². The Morgan fingerprint density at radius 3 is 2.79 bits per heavy atom. The van der Waals surface area contributed by atoms with Crippen molar-refractivity contribution in [3.8, 4) is 0 Å². The van der Waals surface area contributed by atoms with E-state index in [1.807, 2.05) is 11.0 Å². The summed E-state index contributed by atoms with van der Waals surface area (Å²) >= 11 is 0. The van der Waals surface area contributed by atoms with Gasteiger partial charge >= 0.3 is 0 Å². The van der Waals surface area contributed by atoms with Gasteiger partial charge in [0.25, 0.3) is 0 Å². The zero-order valence-electron chi connectivity index (χ0n) is 11.9. The van der Waals surface area contributed by atoms with Gasteiger partial charge in [0.2, 0.25) is 5.91 Å². The van der Waals surface area contributed by atoms with Crippen LogP contribution in [0.4, 0.5) is 0 Å². The van der Waals surface area contributed by atoms with Crippen LogP contribution >= 0.6 is 0 Å². The molecular formula is C16H24N2O. The van der Waals surface area contributed by atoms with Crippen molar-refractivity contribution >= 4 is 5.91 Å². The van der Waals surface area contributed by atoms with Gasteiger partial charge in [0, 0.05) is 25.6 Å². The zero-order chi connectivity index (χ0) is 13.7. The maximum Gasteiger partial charge on any atom is 0.222 e. The smallest absolute Gasteiger partial charge is 0.222 e. The summed E-state index contributed by atoms with van der Waals surface area (Å²) in [6, 6.07) is 10.7. The van der Waals surface area contributed by atoms with Crippen LogP contribution in [0.3, 0.4) is 0 Å². The molecule has 1 heterocycles. The fraction of sp³-hybridized carbons (Fsp3) is 0.562. The van der Waals surface area contributed by atoms with Gasteiger partial charge in [-0.2, -0.15) is 0 Å². The number of carbonyl (C=O) groups is 1. The van der Waals surface area contributed by atoms with E-state index in [0.717, 1.165) is 26.1 Å². The molecule has 1 aromatic carbocycles. The molecule has 0 radical (unpaired) electrons. The van der Waals surface area contributed by atoms with Gasteiger partial charge in [0.15, 0.2) is 0 Å². The highest BCUT2D eigenvalue weighted by atomic mass is 16.2. The summed E-state index contributed by atoms with van der Waals surface area (Å²) in [4.78, 5) is 14.3. The number of carbonyl (C=O) groups excluding carboxylic acids is 1. The van der Waals surface area contributed by atoms with Crippen molar-refractivity contribution in [1.82, 2.24) is 10.2 Å². The molecule has 1 amide bonds. The molecule has 0 spiro atoms. The Hall–Kier alpha value is -1.35. The molecule has 1 fully saturated rings. The Morgan fingerprint density at radius 2 is 2.11 bits per heavy atom. The number of nitrogens with one attached hydrogen (secondary N) is 1. The molecule has 104 valence electrons. The summed E-state index contributed by atoms with van der Waals surface area (Å²) in [5.41, 5.74) is 1.27. The first kappa shape index (κ1) is 14.1. The first-order chi connectivity index (χ1) is 9.16. The fourth-order valence-corrected chi connectivity index (χ4v) is 2.54. The molecule has 3 heteroatoms. The van der Waals surface area contributed by atoms with E-state index in [1.165, 1.54) is 5.56 Å². The second-order valence-corrected chi connectivity index (χ2v) is 5.71. The third-order valence-electron chi connectivity index (χ3n) is 3.54. The maximum absolute atomic E-state index is 12.2. The number of hydrogen-bond donors (Lipinski definition) is 1. The molecule has 1 unspecified atom stereocenters. The van der Waals surface area contributed by atoms with Crippen molar-refractivity contribution in [2.75, 3.05) is 19.6 Å². The van der Waals surface area contributed by atoms with E-state index < -0.39 is 0 Å². The fourth-order valence-electron chi connectivity index (χ4n) is 2.54. The van der Waals surface area contributed by atoms with Crippen molar-refractivity contribution in [1.29, 1.82) is 0 Å². The summed E-state index contributed by atoms with van der Waals surface area (Å²) in [7, 11) is 0. The van der Waals surface area contributed by atoms with Crippen LogP contribution in [0.1, 0.15) is 38.3 Å². The van der Waals surface area contributed by atoms with Crippen molar-refractivity contribution in [2.24, 2.45) is 5.92 Å². The molecule has 1 saturated heterocycles. The summed E-state index contributed by atoms with van der Waals surface area (Å²) < 4.78 is 0. The van der Waals surface area contributed by atoms with Crippen LogP contribution in [0, 0.1) is 5.92 Å². The minimum Gasteiger partial charge on any atom is -0.341 e. The topological polar surface area (TPSA) is 32.3 Å². The molecule has 0 aromatic heterocycles. The summed E-state index contributed by atoms with van der Waals surface area (Å²) in [5, 5.41) is 3.54. The van der Waals surface area contributed by atoms with Crippen LogP contribution in [0.25, 0.3) is 0 Å². The second kappa shape index (κ2) is 6.71. The molecule has 1 N–H and O–H groups in total. The van der Waals surface area contributed by atoms with Crippen molar-refractivity contribution in [3.05, 3.63) is 35.9 Å². The minimum absolute atomic E-state index is 0.264. The van der Waals surface area contributed by atoms with Crippen LogP contribution in [-0.4, -0.2) is 30.4 Å². The highest BCUT2D eigenvalue weighted by Crippen LogP contribution is 2.18. The molecule has 0 bridgehead atoms. The highest BCUT2D eigenvalue weighted by molar-refractivity contribution is 5.76. The lowest BCUT2D eigenvalue weighted by Crippen LogP contribution is -2.36. The van der Waals surface area contributed by atoms with E-state index >= 15 is 0 Å². The lowest BCUT2D eigenvalue weighted by molar-refractivity contribution is -0.132. The Bertz CT molecular complexity index is 402. The highest BCUT2D eigenvalue weighted by Gasteiger charge is 2.22. The molecule has 1 aliphatic heterocycles. The molecule has 1 aromatic rings. The Kier molecular flexibility index (Phi) is 4.97. The lowest BCUT2D eigenvalue weighted by Gasteiger charge is -2.25. The van der Waals surface area contributed by atoms with Crippen LogP contribution < -0.4 is 5.32 Å². The van der Waals surface area contributed by atoms with E-state index in [0.29, 0.717) is 18.2 Å². The largest absolute Gasteiger partial charge is 0.341 e. The molecule has 3 nitrogen and oxygen atoms in total. The molecule has 0 saturated carbocycles. The van der Waals surface area contributed by atoms with Gasteiger partial charge in [0.1, 0.15) is 0 Å². The SMILES string of the molecule is CC(C)CC(=O)N1CCCNC(c2ccccc2)C1. The number of amides is 1. The van der Waals surface area contributed by atoms with Gasteiger partial charge in [-0.15, -0.1) is 0 Å². The predicted molar refractivity (Wildman–Crippen MR) is 77.8 cm³/mol.